The Kier molecular flexibility index (Phi) is 2.87. The zero-order chi connectivity index (χ0) is 9.19. The van der Waals surface area contributed by atoms with E-state index < -0.39 is 9.55 Å². The van der Waals surface area contributed by atoms with Gasteiger partial charge >= 0.3 is 11.8 Å². The number of hydrogen-bond donors (Lipinski definition) is 1. The van der Waals surface area contributed by atoms with E-state index in [-0.39, 0.29) is 12.6 Å². The van der Waals surface area contributed by atoms with Gasteiger partial charge in [-0.25, -0.2) is 9.78 Å². The normalized spacial score (nSPS) is 11.6. The summed E-state index contributed by atoms with van der Waals surface area (Å²) >= 11 is 16.0. The minimum Gasteiger partial charge on any atom is -0.458 e. The van der Waals surface area contributed by atoms with E-state index in [1.807, 2.05) is 0 Å². The summed E-state index contributed by atoms with van der Waals surface area (Å²) in [7, 11) is 0. The average molecular weight is 233 g/mol. The summed E-state index contributed by atoms with van der Waals surface area (Å²) in [5, 5.41) is 3.18. The highest BCUT2D eigenvalue weighted by Crippen LogP contribution is 2.25. The van der Waals surface area contributed by atoms with Gasteiger partial charge in [0.05, 0.1) is 0 Å². The van der Waals surface area contributed by atoms with Gasteiger partial charge in [0, 0.05) is 0 Å². The molecule has 0 amide bonds. The number of aromatic nitrogens is 2. The van der Waals surface area contributed by atoms with Crippen LogP contribution in [0.1, 0.15) is 0 Å². The molecule has 5 nitrogen and oxygen atoms in total. The van der Waals surface area contributed by atoms with Gasteiger partial charge in [-0.05, 0) is 5.16 Å². The van der Waals surface area contributed by atoms with Crippen molar-refractivity contribution in [3.63, 3.8) is 0 Å². The highest BCUT2D eigenvalue weighted by atomic mass is 35.6. The minimum absolute atomic E-state index is 0.119. The monoisotopic (exact) mass is 232 g/mol. The van der Waals surface area contributed by atoms with Crippen LogP contribution in [-0.4, -0.2) is 20.5 Å². The molecule has 0 atom stereocenters. The zero-order valence-electron chi connectivity index (χ0n) is 5.51. The van der Waals surface area contributed by atoms with E-state index in [9.17, 15) is 4.79 Å². The Morgan fingerprint density at radius 2 is 2.25 bits per heavy atom. The molecule has 0 bridgehead atoms. The smallest absolute Gasteiger partial charge is 0.441 e. The summed E-state index contributed by atoms with van der Waals surface area (Å²) in [6.45, 7) is -0.222. The third-order valence-corrected chi connectivity index (χ3v) is 1.12. The Bertz CT molecular complexity index is 301. The standard InChI is InChI=1S/C4H3Cl3N2O3/c5-4(6,7)1-11-2-8-3(10)12-9-2/h1H2,(H,8,9,10). The summed E-state index contributed by atoms with van der Waals surface area (Å²) in [5.74, 6) is -0.727. The molecular weight excluding hydrogens is 230 g/mol. The second kappa shape index (κ2) is 3.55. The molecule has 68 valence electrons. The van der Waals surface area contributed by atoms with Gasteiger partial charge < -0.3 is 4.74 Å². The minimum atomic E-state index is -1.55. The number of nitrogens with zero attached hydrogens (tertiary/aromatic N) is 1. The first-order chi connectivity index (χ1) is 5.47. The van der Waals surface area contributed by atoms with Gasteiger partial charge in [-0.15, -0.1) is 0 Å². The molecule has 0 aliphatic rings. The largest absolute Gasteiger partial charge is 0.458 e. The predicted molar refractivity (Wildman–Crippen MR) is 42.9 cm³/mol. The molecule has 0 spiro atoms. The summed E-state index contributed by atoms with van der Waals surface area (Å²) in [4.78, 5) is 12.5. The Balaban J connectivity index is 2.49. The van der Waals surface area contributed by atoms with Gasteiger partial charge in [-0.1, -0.05) is 34.8 Å². The molecule has 0 unspecified atom stereocenters. The highest BCUT2D eigenvalue weighted by Gasteiger charge is 2.21. The van der Waals surface area contributed by atoms with Crippen LogP contribution in [0.5, 0.6) is 6.01 Å². The van der Waals surface area contributed by atoms with Gasteiger partial charge in [0.1, 0.15) is 6.61 Å². The summed E-state index contributed by atoms with van der Waals surface area (Å²) < 4.78 is 7.30. The van der Waals surface area contributed by atoms with Crippen LogP contribution < -0.4 is 10.5 Å². The summed E-state index contributed by atoms with van der Waals surface area (Å²) in [5.41, 5.74) is 0. The molecule has 1 aromatic rings. The Morgan fingerprint density at radius 1 is 1.58 bits per heavy atom. The average Bonchev–Trinajstić information content (AvgIpc) is 2.30. The lowest BCUT2D eigenvalue weighted by Gasteiger charge is -2.08. The molecule has 1 N–H and O–H groups in total. The fourth-order valence-corrected chi connectivity index (χ4v) is 0.592. The summed E-state index contributed by atoms with van der Waals surface area (Å²) in [6.07, 6.45) is 0. The molecule has 0 radical (unpaired) electrons. The second-order valence-electron chi connectivity index (χ2n) is 1.80. The molecule has 0 saturated carbocycles. The van der Waals surface area contributed by atoms with Gasteiger partial charge in [-0.2, -0.15) is 0 Å². The first-order valence-corrected chi connectivity index (χ1v) is 3.86. The quantitative estimate of drug-likeness (QED) is 0.777. The molecule has 0 aromatic carbocycles. The fraction of sp³-hybridized carbons (Fsp3) is 0.500. The molecule has 8 heteroatoms. The molecule has 0 aliphatic heterocycles. The number of ether oxygens (including phenoxy) is 1. The molecule has 1 rings (SSSR count). The van der Waals surface area contributed by atoms with Gasteiger partial charge in [-0.3, -0.25) is 4.52 Å². The number of halogens is 3. The van der Waals surface area contributed by atoms with Gasteiger partial charge in [0.15, 0.2) is 0 Å². The van der Waals surface area contributed by atoms with Crippen molar-refractivity contribution in [1.82, 2.24) is 10.1 Å². The number of aromatic amines is 1. The Labute approximate surface area is 81.5 Å². The topological polar surface area (TPSA) is 68.1 Å². The van der Waals surface area contributed by atoms with E-state index >= 15 is 0 Å². The maximum atomic E-state index is 10.4. The van der Waals surface area contributed by atoms with E-state index in [4.69, 9.17) is 39.5 Å². The zero-order valence-corrected chi connectivity index (χ0v) is 7.78. The lowest BCUT2D eigenvalue weighted by atomic mass is 10.8. The highest BCUT2D eigenvalue weighted by molar-refractivity contribution is 6.67. The molecule has 12 heavy (non-hydrogen) atoms. The first-order valence-electron chi connectivity index (χ1n) is 2.73. The van der Waals surface area contributed by atoms with E-state index in [2.05, 4.69) is 14.7 Å². The van der Waals surface area contributed by atoms with E-state index in [1.165, 1.54) is 0 Å². The van der Waals surface area contributed by atoms with Crippen LogP contribution in [-0.2, 0) is 0 Å². The van der Waals surface area contributed by atoms with E-state index in [0.29, 0.717) is 0 Å². The molecule has 1 aromatic heterocycles. The van der Waals surface area contributed by atoms with Crippen LogP contribution in [0.25, 0.3) is 0 Å². The van der Waals surface area contributed by atoms with Crippen molar-refractivity contribution in [2.45, 2.75) is 3.79 Å². The number of rotatable bonds is 2. The van der Waals surface area contributed by atoms with Gasteiger partial charge in [0.25, 0.3) is 0 Å². The van der Waals surface area contributed by atoms with Crippen LogP contribution >= 0.6 is 34.8 Å². The van der Waals surface area contributed by atoms with Crippen molar-refractivity contribution < 1.29 is 9.26 Å². The lowest BCUT2D eigenvalue weighted by Crippen LogP contribution is -2.16. The number of hydrogen-bond acceptors (Lipinski definition) is 4. The second-order valence-corrected chi connectivity index (χ2v) is 4.32. The third kappa shape index (κ3) is 3.34. The van der Waals surface area contributed by atoms with Crippen LogP contribution in [0.4, 0.5) is 0 Å². The number of nitrogens with one attached hydrogen (secondary N) is 1. The first kappa shape index (κ1) is 9.70. The molecule has 1 heterocycles. The molecule has 0 saturated heterocycles. The lowest BCUT2D eigenvalue weighted by molar-refractivity contribution is 0.277. The van der Waals surface area contributed by atoms with Crippen molar-refractivity contribution in [1.29, 1.82) is 0 Å². The molecule has 0 aliphatic carbocycles. The van der Waals surface area contributed by atoms with Crippen LogP contribution in [0.15, 0.2) is 9.32 Å². The summed E-state index contributed by atoms with van der Waals surface area (Å²) in [6, 6.07) is -0.119. The maximum Gasteiger partial charge on any atom is 0.441 e. The number of alkyl halides is 3. The van der Waals surface area contributed by atoms with Crippen molar-refractivity contribution >= 4 is 34.8 Å². The van der Waals surface area contributed by atoms with E-state index in [0.717, 1.165) is 0 Å². The Morgan fingerprint density at radius 3 is 2.67 bits per heavy atom. The van der Waals surface area contributed by atoms with Crippen LogP contribution in [0, 0.1) is 0 Å². The van der Waals surface area contributed by atoms with Gasteiger partial charge in [0.2, 0.25) is 3.79 Å². The van der Waals surface area contributed by atoms with Crippen molar-refractivity contribution in [2.75, 3.05) is 6.61 Å². The van der Waals surface area contributed by atoms with Crippen molar-refractivity contribution in [3.05, 3.63) is 10.6 Å². The maximum absolute atomic E-state index is 10.4. The SMILES string of the molecule is O=c1[nH]c(OCC(Cl)(Cl)Cl)no1. The molecule has 0 fully saturated rings. The predicted octanol–water partition coefficient (Wildman–Crippen LogP) is 1.11. The van der Waals surface area contributed by atoms with Crippen LogP contribution in [0.3, 0.4) is 0 Å². The van der Waals surface area contributed by atoms with Crippen LogP contribution in [0.2, 0.25) is 0 Å². The Hall–Kier alpha value is -0.390. The fourth-order valence-electron chi connectivity index (χ4n) is 0.428. The molecular formula is C4H3Cl3N2O3. The number of H-pyrrole nitrogens is 1. The van der Waals surface area contributed by atoms with Crippen molar-refractivity contribution in [2.24, 2.45) is 0 Å². The van der Waals surface area contributed by atoms with Crippen molar-refractivity contribution in [3.8, 4) is 6.01 Å². The van der Waals surface area contributed by atoms with E-state index in [1.54, 1.807) is 0 Å². The third-order valence-electron chi connectivity index (χ3n) is 0.793.